The minimum atomic E-state index is -1.28. The highest BCUT2D eigenvalue weighted by molar-refractivity contribution is 9.10. The molecule has 1 aliphatic rings. The van der Waals surface area contributed by atoms with Gasteiger partial charge in [0.05, 0.1) is 23.7 Å². The lowest BCUT2D eigenvalue weighted by molar-refractivity contribution is -0.384. The highest BCUT2D eigenvalue weighted by Crippen LogP contribution is 2.28. The molecule has 1 saturated heterocycles. The average molecular weight is 482 g/mol. The highest BCUT2D eigenvalue weighted by Gasteiger charge is 2.40. The molecule has 0 bridgehead atoms. The first-order valence-corrected chi connectivity index (χ1v) is 10.2. The number of hydrogen-bond donors (Lipinski definition) is 5. The van der Waals surface area contributed by atoms with Gasteiger partial charge in [-0.05, 0) is 23.3 Å². The number of nitro benzene ring substituents is 1. The summed E-state index contributed by atoms with van der Waals surface area (Å²) in [6, 6.07) is 11.7. The van der Waals surface area contributed by atoms with Gasteiger partial charge in [0.15, 0.2) is 0 Å². The Labute approximate surface area is 181 Å². The molecule has 162 valence electrons. The van der Waals surface area contributed by atoms with Gasteiger partial charge in [0, 0.05) is 30.2 Å². The number of aliphatic hydroxyl groups is 4. The molecule has 0 saturated carbocycles. The molecule has 1 aliphatic heterocycles. The molecule has 0 aromatic heterocycles. The predicted octanol–water partition coefficient (Wildman–Crippen LogP) is 1.23. The Balaban J connectivity index is 1.64. The molecule has 4 atom stereocenters. The van der Waals surface area contributed by atoms with Crippen molar-refractivity contribution in [2.75, 3.05) is 18.5 Å². The number of anilines is 1. The number of rotatable bonds is 7. The van der Waals surface area contributed by atoms with E-state index in [1.54, 1.807) is 17.0 Å². The van der Waals surface area contributed by atoms with Crippen molar-refractivity contribution in [1.29, 1.82) is 0 Å². The zero-order chi connectivity index (χ0) is 21.8. The second-order valence-electron chi connectivity index (χ2n) is 7.32. The first-order valence-electron chi connectivity index (χ1n) is 9.45. The van der Waals surface area contributed by atoms with Crippen molar-refractivity contribution in [1.82, 2.24) is 4.90 Å². The summed E-state index contributed by atoms with van der Waals surface area (Å²) in [5.41, 5.74) is 2.24. The van der Waals surface area contributed by atoms with Crippen molar-refractivity contribution in [3.8, 4) is 0 Å². The number of hydrogen-bond acceptors (Lipinski definition) is 8. The van der Waals surface area contributed by atoms with Crippen molar-refractivity contribution < 1.29 is 25.3 Å². The monoisotopic (exact) mass is 481 g/mol. The number of β-amino-alcohol motifs (C(OH)–C–C–N with tert-alkyl or cyclic N) is 1. The summed E-state index contributed by atoms with van der Waals surface area (Å²) in [7, 11) is 0. The van der Waals surface area contributed by atoms with Gasteiger partial charge in [0.2, 0.25) is 0 Å². The van der Waals surface area contributed by atoms with Crippen molar-refractivity contribution in [2.24, 2.45) is 0 Å². The lowest BCUT2D eigenvalue weighted by Gasteiger charge is -2.43. The maximum Gasteiger partial charge on any atom is 0.293 e. The number of piperidine rings is 1. The van der Waals surface area contributed by atoms with E-state index in [0.29, 0.717) is 23.2 Å². The minimum Gasteiger partial charge on any atom is -0.395 e. The standard InChI is InChI=1S/C20H24BrN3O6/c21-14-5-6-15(16(7-14)24(29)30)22-8-12-1-3-13(4-2-12)9-23-10-18(26)20(28)19(27)17(23)11-25/h1-7,17-20,22,25-28H,8-11H2/t17-,18+,19-,20-/m1/s1. The lowest BCUT2D eigenvalue weighted by atomic mass is 9.93. The maximum atomic E-state index is 11.2. The van der Waals surface area contributed by atoms with E-state index < -0.39 is 29.3 Å². The van der Waals surface area contributed by atoms with Gasteiger partial charge in [-0.15, -0.1) is 0 Å². The second kappa shape index (κ2) is 9.82. The van der Waals surface area contributed by atoms with Crippen LogP contribution in [0.4, 0.5) is 11.4 Å². The molecule has 0 unspecified atom stereocenters. The van der Waals surface area contributed by atoms with E-state index in [0.717, 1.165) is 11.1 Å². The lowest BCUT2D eigenvalue weighted by Crippen LogP contribution is -2.62. The van der Waals surface area contributed by atoms with Crippen LogP contribution in [-0.2, 0) is 13.1 Å². The summed E-state index contributed by atoms with van der Waals surface area (Å²) in [6.45, 7) is 0.590. The Morgan fingerprint density at radius 3 is 2.40 bits per heavy atom. The zero-order valence-corrected chi connectivity index (χ0v) is 17.6. The van der Waals surface area contributed by atoms with Gasteiger partial charge in [-0.2, -0.15) is 0 Å². The summed E-state index contributed by atoms with van der Waals surface area (Å²) >= 11 is 3.23. The van der Waals surface area contributed by atoms with E-state index in [9.17, 15) is 30.5 Å². The van der Waals surface area contributed by atoms with E-state index >= 15 is 0 Å². The molecule has 5 N–H and O–H groups in total. The Morgan fingerprint density at radius 2 is 1.77 bits per heavy atom. The third-order valence-corrected chi connectivity index (χ3v) is 5.76. The number of halogens is 1. The summed E-state index contributed by atoms with van der Waals surface area (Å²) in [5.74, 6) is 0. The van der Waals surface area contributed by atoms with Gasteiger partial charge in [-0.25, -0.2) is 0 Å². The first-order chi connectivity index (χ1) is 14.3. The number of nitrogens with one attached hydrogen (secondary N) is 1. The van der Waals surface area contributed by atoms with Crippen LogP contribution in [0, 0.1) is 10.1 Å². The van der Waals surface area contributed by atoms with E-state index in [2.05, 4.69) is 21.2 Å². The minimum absolute atomic E-state index is 0.0135. The molecule has 9 nitrogen and oxygen atoms in total. The van der Waals surface area contributed by atoms with Crippen LogP contribution in [0.5, 0.6) is 0 Å². The smallest absolute Gasteiger partial charge is 0.293 e. The fraction of sp³-hybridized carbons (Fsp3) is 0.400. The van der Waals surface area contributed by atoms with Crippen LogP contribution < -0.4 is 5.32 Å². The SMILES string of the molecule is O=[N+]([O-])c1cc(Br)ccc1NCc1ccc(CN2C[C@H](O)[C@@H](O)[C@H](O)[C@H]2CO)cc1. The van der Waals surface area contributed by atoms with Crippen LogP contribution in [0.2, 0.25) is 0 Å². The highest BCUT2D eigenvalue weighted by atomic mass is 79.9. The quantitative estimate of drug-likeness (QED) is 0.293. The van der Waals surface area contributed by atoms with Crippen LogP contribution in [0.3, 0.4) is 0 Å². The van der Waals surface area contributed by atoms with Crippen molar-refractivity contribution >= 4 is 27.3 Å². The molecule has 2 aromatic rings. The van der Waals surface area contributed by atoms with Gasteiger partial charge in [-0.3, -0.25) is 15.0 Å². The van der Waals surface area contributed by atoms with Crippen LogP contribution in [0.15, 0.2) is 46.9 Å². The number of nitro groups is 1. The molecular formula is C20H24BrN3O6. The van der Waals surface area contributed by atoms with Crippen LogP contribution in [0.1, 0.15) is 11.1 Å². The summed E-state index contributed by atoms with van der Waals surface area (Å²) < 4.78 is 0.630. The topological polar surface area (TPSA) is 139 Å². The van der Waals surface area contributed by atoms with Crippen LogP contribution in [-0.4, -0.2) is 67.8 Å². The Morgan fingerprint density at radius 1 is 1.10 bits per heavy atom. The summed E-state index contributed by atoms with van der Waals surface area (Å²) in [4.78, 5) is 12.5. The van der Waals surface area contributed by atoms with Gasteiger partial charge in [0.25, 0.3) is 5.69 Å². The molecule has 30 heavy (non-hydrogen) atoms. The number of aliphatic hydroxyl groups excluding tert-OH is 4. The molecule has 0 amide bonds. The Bertz CT molecular complexity index is 881. The molecule has 0 spiro atoms. The van der Waals surface area contributed by atoms with E-state index in [4.69, 9.17) is 0 Å². The Kier molecular flexibility index (Phi) is 7.40. The molecule has 1 heterocycles. The number of likely N-dealkylation sites (tertiary alicyclic amines) is 1. The molecule has 0 aliphatic carbocycles. The van der Waals surface area contributed by atoms with Crippen LogP contribution in [0.25, 0.3) is 0 Å². The molecular weight excluding hydrogens is 458 g/mol. The number of nitrogens with zero attached hydrogens (tertiary/aromatic N) is 2. The van der Waals surface area contributed by atoms with Gasteiger partial charge in [0.1, 0.15) is 17.9 Å². The molecule has 0 radical (unpaired) electrons. The van der Waals surface area contributed by atoms with E-state index in [1.165, 1.54) is 6.07 Å². The van der Waals surface area contributed by atoms with Crippen molar-refractivity contribution in [2.45, 2.75) is 37.4 Å². The molecule has 2 aromatic carbocycles. The zero-order valence-electron chi connectivity index (χ0n) is 16.1. The third-order valence-electron chi connectivity index (χ3n) is 5.26. The van der Waals surface area contributed by atoms with Crippen molar-refractivity contribution in [3.63, 3.8) is 0 Å². The fourth-order valence-corrected chi connectivity index (χ4v) is 3.91. The Hall–Kier alpha value is -2.08. The summed E-state index contributed by atoms with van der Waals surface area (Å²) in [5, 5.41) is 53.6. The summed E-state index contributed by atoms with van der Waals surface area (Å²) in [6.07, 6.45) is -3.61. The van der Waals surface area contributed by atoms with E-state index in [1.807, 2.05) is 24.3 Å². The van der Waals surface area contributed by atoms with E-state index in [-0.39, 0.29) is 18.8 Å². The van der Waals surface area contributed by atoms with Gasteiger partial charge >= 0.3 is 0 Å². The second-order valence-corrected chi connectivity index (χ2v) is 8.23. The number of benzene rings is 2. The fourth-order valence-electron chi connectivity index (χ4n) is 3.56. The molecule has 3 rings (SSSR count). The van der Waals surface area contributed by atoms with Crippen LogP contribution >= 0.6 is 15.9 Å². The molecule has 1 fully saturated rings. The van der Waals surface area contributed by atoms with Gasteiger partial charge in [-0.1, -0.05) is 40.2 Å². The molecule has 10 heteroatoms. The average Bonchev–Trinajstić information content (AvgIpc) is 2.72. The van der Waals surface area contributed by atoms with Crippen molar-refractivity contribution in [3.05, 3.63) is 68.2 Å². The normalized spacial score (nSPS) is 24.6. The van der Waals surface area contributed by atoms with Gasteiger partial charge < -0.3 is 25.7 Å². The third kappa shape index (κ3) is 5.15. The maximum absolute atomic E-state index is 11.2. The first kappa shape index (κ1) is 22.6. The largest absolute Gasteiger partial charge is 0.395 e. The predicted molar refractivity (Wildman–Crippen MR) is 114 cm³/mol.